The van der Waals surface area contributed by atoms with Crippen LogP contribution in [0.2, 0.25) is 0 Å². The molecule has 3 rings (SSSR count). The van der Waals surface area contributed by atoms with Crippen LogP contribution in [-0.2, 0) is 4.74 Å². The van der Waals surface area contributed by atoms with Crippen molar-refractivity contribution in [3.05, 3.63) is 18.2 Å². The second-order valence-electron chi connectivity index (χ2n) is 7.42. The maximum Gasteiger partial charge on any atom is 0.144 e. The van der Waals surface area contributed by atoms with E-state index in [0.29, 0.717) is 0 Å². The first-order valence-corrected chi connectivity index (χ1v) is 9.56. The number of nitrogen functional groups attached to an aromatic ring is 1. The highest BCUT2D eigenvalue weighted by Crippen LogP contribution is 2.32. The van der Waals surface area contributed by atoms with Gasteiger partial charge in [0.2, 0.25) is 0 Å². The molecule has 0 spiro atoms. The number of anilines is 2. The summed E-state index contributed by atoms with van der Waals surface area (Å²) in [6.07, 6.45) is 2.74. The van der Waals surface area contributed by atoms with Gasteiger partial charge in [0.1, 0.15) is 18.9 Å². The van der Waals surface area contributed by atoms with E-state index >= 15 is 0 Å². The first kappa shape index (κ1) is 18.3. The number of hydrogen-bond acceptors (Lipinski definition) is 5. The number of fused-ring (bicyclic) bond motifs is 1. The molecule has 0 bridgehead atoms. The van der Waals surface area contributed by atoms with Gasteiger partial charge >= 0.3 is 0 Å². The molecule has 1 saturated heterocycles. The lowest BCUT2D eigenvalue weighted by Crippen LogP contribution is -2.43. The Morgan fingerprint density at radius 1 is 1.24 bits per heavy atom. The standard InChI is InChI=1S/C19H33N4O2/c1-23(10-2-3-11-23)12-15-24-13-7-21-6-8-22-9-14-25-19-16-17(20)4-5-18(19)22/h4-5,16,21H,2-3,6-15,20H2,1H3/q+1. The molecule has 25 heavy (non-hydrogen) atoms. The maximum atomic E-state index is 5.83. The molecule has 0 saturated carbocycles. The van der Waals surface area contributed by atoms with E-state index in [2.05, 4.69) is 23.3 Å². The smallest absolute Gasteiger partial charge is 0.144 e. The third kappa shape index (κ3) is 5.23. The van der Waals surface area contributed by atoms with Crippen molar-refractivity contribution in [2.45, 2.75) is 12.8 Å². The second kappa shape index (κ2) is 8.74. The average molecular weight is 349 g/mol. The Hall–Kier alpha value is -1.50. The van der Waals surface area contributed by atoms with E-state index in [1.807, 2.05) is 12.1 Å². The van der Waals surface area contributed by atoms with Crippen LogP contribution in [0.25, 0.3) is 0 Å². The first-order valence-electron chi connectivity index (χ1n) is 9.56. The quantitative estimate of drug-likeness (QED) is 0.400. The van der Waals surface area contributed by atoms with Crippen LogP contribution < -0.4 is 20.7 Å². The van der Waals surface area contributed by atoms with E-state index in [-0.39, 0.29) is 0 Å². The minimum absolute atomic E-state index is 0.719. The molecule has 0 amide bonds. The summed E-state index contributed by atoms with van der Waals surface area (Å²) >= 11 is 0. The number of hydrogen-bond donors (Lipinski definition) is 2. The van der Waals surface area contributed by atoms with Crippen LogP contribution in [0.4, 0.5) is 11.4 Å². The van der Waals surface area contributed by atoms with Gasteiger partial charge in [-0.2, -0.15) is 0 Å². The summed E-state index contributed by atoms with van der Waals surface area (Å²) in [5, 5.41) is 3.48. The van der Waals surface area contributed by atoms with Crippen LogP contribution >= 0.6 is 0 Å². The zero-order valence-electron chi connectivity index (χ0n) is 15.5. The van der Waals surface area contributed by atoms with Crippen LogP contribution in [0.1, 0.15) is 12.8 Å². The van der Waals surface area contributed by atoms with Crippen molar-refractivity contribution in [2.75, 3.05) is 83.3 Å². The molecule has 1 aromatic carbocycles. The number of likely N-dealkylation sites (tertiary alicyclic amines) is 1. The van der Waals surface area contributed by atoms with Crippen molar-refractivity contribution in [1.29, 1.82) is 0 Å². The number of nitrogens with one attached hydrogen (secondary N) is 1. The van der Waals surface area contributed by atoms with Crippen molar-refractivity contribution in [1.82, 2.24) is 5.32 Å². The van der Waals surface area contributed by atoms with Gasteiger partial charge in [-0.3, -0.25) is 0 Å². The van der Waals surface area contributed by atoms with Crippen molar-refractivity contribution in [2.24, 2.45) is 0 Å². The molecule has 1 aromatic rings. The maximum absolute atomic E-state index is 5.83. The van der Waals surface area contributed by atoms with Crippen molar-refractivity contribution in [3.63, 3.8) is 0 Å². The summed E-state index contributed by atoms with van der Waals surface area (Å²) in [6.45, 7) is 9.89. The van der Waals surface area contributed by atoms with E-state index in [1.165, 1.54) is 30.4 Å². The highest BCUT2D eigenvalue weighted by atomic mass is 16.5. The van der Waals surface area contributed by atoms with Crippen molar-refractivity contribution in [3.8, 4) is 5.75 Å². The van der Waals surface area contributed by atoms with Crippen LogP contribution in [-0.4, -0.2) is 77.2 Å². The van der Waals surface area contributed by atoms with Gasteiger partial charge in [-0.25, -0.2) is 0 Å². The molecule has 0 radical (unpaired) electrons. The van der Waals surface area contributed by atoms with Gasteiger partial charge in [-0.05, 0) is 12.1 Å². The van der Waals surface area contributed by atoms with Gasteiger partial charge in [0.15, 0.2) is 0 Å². The lowest BCUT2D eigenvalue weighted by Gasteiger charge is -2.31. The Labute approximate surface area is 151 Å². The molecule has 0 atom stereocenters. The van der Waals surface area contributed by atoms with Crippen LogP contribution in [0.15, 0.2) is 18.2 Å². The first-order chi connectivity index (χ1) is 12.2. The predicted octanol–water partition coefficient (Wildman–Crippen LogP) is 1.31. The van der Waals surface area contributed by atoms with E-state index < -0.39 is 0 Å². The molecule has 2 aliphatic heterocycles. The molecule has 140 valence electrons. The van der Waals surface area contributed by atoms with Gasteiger partial charge in [-0.15, -0.1) is 0 Å². The SMILES string of the molecule is C[N+]1(CCOCCNCCN2CCOc3cc(N)ccc32)CCCC1. The van der Waals surface area contributed by atoms with E-state index in [9.17, 15) is 0 Å². The predicted molar refractivity (Wildman–Crippen MR) is 102 cm³/mol. The van der Waals surface area contributed by atoms with Gasteiger partial charge in [-0.1, -0.05) is 0 Å². The Kier molecular flexibility index (Phi) is 6.39. The Morgan fingerprint density at radius 3 is 2.92 bits per heavy atom. The summed E-state index contributed by atoms with van der Waals surface area (Å²) < 4.78 is 12.7. The summed E-state index contributed by atoms with van der Waals surface area (Å²) in [7, 11) is 2.35. The van der Waals surface area contributed by atoms with Crippen molar-refractivity contribution >= 4 is 11.4 Å². The van der Waals surface area contributed by atoms with Crippen LogP contribution in [0, 0.1) is 0 Å². The Bertz CT molecular complexity index is 546. The average Bonchev–Trinajstić information content (AvgIpc) is 3.03. The molecule has 0 unspecified atom stereocenters. The van der Waals surface area contributed by atoms with Gasteiger partial charge in [0.05, 0.1) is 45.6 Å². The fourth-order valence-corrected chi connectivity index (χ4v) is 3.72. The molecule has 2 aliphatic rings. The van der Waals surface area contributed by atoms with Gasteiger partial charge in [0, 0.05) is 44.2 Å². The Balaban J connectivity index is 1.27. The monoisotopic (exact) mass is 349 g/mol. The molecular weight excluding hydrogens is 316 g/mol. The third-order valence-electron chi connectivity index (χ3n) is 5.35. The second-order valence-corrected chi connectivity index (χ2v) is 7.42. The van der Waals surface area contributed by atoms with Crippen LogP contribution in [0.5, 0.6) is 5.75 Å². The highest BCUT2D eigenvalue weighted by molar-refractivity contribution is 5.65. The molecule has 6 heteroatoms. The summed E-state index contributed by atoms with van der Waals surface area (Å²) in [5.74, 6) is 0.896. The summed E-state index contributed by atoms with van der Waals surface area (Å²) in [4.78, 5) is 2.35. The number of ether oxygens (including phenoxy) is 2. The Morgan fingerprint density at radius 2 is 2.08 bits per heavy atom. The molecule has 2 heterocycles. The lowest BCUT2D eigenvalue weighted by atomic mass is 10.2. The number of nitrogens with two attached hydrogens (primary N) is 1. The van der Waals surface area contributed by atoms with E-state index in [4.69, 9.17) is 15.2 Å². The molecule has 0 aromatic heterocycles. The molecule has 6 nitrogen and oxygen atoms in total. The molecular formula is C19H33N4O2+. The zero-order valence-corrected chi connectivity index (χ0v) is 15.5. The normalized spacial score (nSPS) is 18.8. The number of nitrogens with zero attached hydrogens (tertiary/aromatic N) is 2. The topological polar surface area (TPSA) is 59.8 Å². The van der Waals surface area contributed by atoms with Crippen molar-refractivity contribution < 1.29 is 14.0 Å². The molecule has 0 aliphatic carbocycles. The van der Waals surface area contributed by atoms with Crippen LogP contribution in [0.3, 0.4) is 0 Å². The summed E-state index contributed by atoms with van der Waals surface area (Å²) in [6, 6.07) is 5.89. The minimum Gasteiger partial charge on any atom is -0.489 e. The third-order valence-corrected chi connectivity index (χ3v) is 5.35. The van der Waals surface area contributed by atoms with Gasteiger partial charge in [0.25, 0.3) is 0 Å². The number of likely N-dealkylation sites (N-methyl/N-ethyl adjacent to an activating group) is 1. The molecule has 1 fully saturated rings. The number of quaternary nitrogens is 1. The van der Waals surface area contributed by atoms with Gasteiger partial charge < -0.3 is 29.9 Å². The fraction of sp³-hybridized carbons (Fsp3) is 0.684. The molecule has 3 N–H and O–H groups in total. The highest BCUT2D eigenvalue weighted by Gasteiger charge is 2.25. The zero-order chi connectivity index (χ0) is 17.5. The number of rotatable bonds is 9. The fourth-order valence-electron chi connectivity index (χ4n) is 3.72. The minimum atomic E-state index is 0.719. The lowest BCUT2D eigenvalue weighted by molar-refractivity contribution is -0.898. The van der Waals surface area contributed by atoms with E-state index in [1.54, 1.807) is 0 Å². The summed E-state index contributed by atoms with van der Waals surface area (Å²) in [5.41, 5.74) is 7.72. The number of benzene rings is 1. The van der Waals surface area contributed by atoms with E-state index in [0.717, 1.165) is 69.7 Å². The largest absolute Gasteiger partial charge is 0.489 e.